The monoisotopic (exact) mass is 596 g/mol. The number of sulfone groups is 1. The lowest BCUT2D eigenvalue weighted by atomic mass is 10.1. The molecular weight excluding hydrogens is 571 g/mol. The first-order valence-electron chi connectivity index (χ1n) is 12.6. The van der Waals surface area contributed by atoms with Crippen molar-refractivity contribution in [3.05, 3.63) is 82.3 Å². The molecule has 1 fully saturated rings. The largest absolute Gasteiger partial charge is 0.355 e. The zero-order valence-corrected chi connectivity index (χ0v) is 24.1. The molecule has 4 heterocycles. The van der Waals surface area contributed by atoms with Crippen LogP contribution in [-0.4, -0.2) is 70.7 Å². The van der Waals surface area contributed by atoms with Gasteiger partial charge in [0.25, 0.3) is 0 Å². The number of aryl methyl sites for hydroxylation is 1. The Hall–Kier alpha value is -4.16. The van der Waals surface area contributed by atoms with Crippen LogP contribution in [0.1, 0.15) is 12.5 Å². The third-order valence-electron chi connectivity index (χ3n) is 7.03. The fourth-order valence-corrected chi connectivity index (χ4v) is 6.21. The summed E-state index contributed by atoms with van der Waals surface area (Å²) >= 11 is 6.35. The van der Waals surface area contributed by atoms with Gasteiger partial charge in [-0.15, -0.1) is 0 Å². The van der Waals surface area contributed by atoms with Crippen molar-refractivity contribution < 1.29 is 17.6 Å². The summed E-state index contributed by atoms with van der Waals surface area (Å²) in [5.74, 6) is -0.783. The van der Waals surface area contributed by atoms with E-state index in [1.807, 2.05) is 11.8 Å². The molecule has 10 nitrogen and oxygen atoms in total. The number of anilines is 1. The number of halogens is 2. The number of para-hydroxylation sites is 1. The number of carbonyl (C=O) groups excluding carboxylic acids is 1. The van der Waals surface area contributed by atoms with Crippen LogP contribution in [0.5, 0.6) is 0 Å². The smallest absolute Gasteiger partial charge is 0.350 e. The highest BCUT2D eigenvalue weighted by Gasteiger charge is 2.31. The molecule has 1 aliphatic rings. The number of carbonyl (C=O) groups is 1. The quantitative estimate of drug-likeness (QED) is 0.321. The first-order valence-corrected chi connectivity index (χ1v) is 14.9. The third kappa shape index (κ3) is 5.08. The van der Waals surface area contributed by atoms with Crippen molar-refractivity contribution in [1.29, 1.82) is 0 Å². The predicted octanol–water partition coefficient (Wildman–Crippen LogP) is 3.57. The molecular formula is C28H26ClFN6O4S. The van der Waals surface area contributed by atoms with Gasteiger partial charge in [-0.1, -0.05) is 30.3 Å². The summed E-state index contributed by atoms with van der Waals surface area (Å²) in [6.07, 6.45) is 5.09. The number of benzene rings is 1. The lowest BCUT2D eigenvalue weighted by Gasteiger charge is -2.40. The van der Waals surface area contributed by atoms with E-state index in [9.17, 15) is 18.0 Å². The molecule has 1 amide bonds. The highest BCUT2D eigenvalue weighted by Crippen LogP contribution is 2.34. The normalized spacial score (nSPS) is 15.8. The molecule has 0 saturated carbocycles. The lowest BCUT2D eigenvalue weighted by Crippen LogP contribution is -2.54. The zero-order chi connectivity index (χ0) is 29.6. The predicted molar refractivity (Wildman–Crippen MR) is 155 cm³/mol. The second-order valence-electron chi connectivity index (χ2n) is 9.82. The maximum atomic E-state index is 15.8. The fraction of sp³-hybridized carbons (Fsp3) is 0.250. The number of hydrogen-bond donors (Lipinski definition) is 0. The molecule has 0 bridgehead atoms. The van der Waals surface area contributed by atoms with Crippen molar-refractivity contribution in [2.45, 2.75) is 24.8 Å². The van der Waals surface area contributed by atoms with Crippen LogP contribution in [0.4, 0.5) is 10.2 Å². The van der Waals surface area contributed by atoms with Gasteiger partial charge in [0.1, 0.15) is 17.3 Å². The summed E-state index contributed by atoms with van der Waals surface area (Å²) in [6, 6.07) is 7.04. The van der Waals surface area contributed by atoms with E-state index in [4.69, 9.17) is 11.6 Å². The summed E-state index contributed by atoms with van der Waals surface area (Å²) < 4.78 is 42.5. The molecule has 0 aliphatic carbocycles. The van der Waals surface area contributed by atoms with Crippen LogP contribution in [0.3, 0.4) is 0 Å². The standard InChI is InChI=1S/C28H26ClFN6O4S/c1-5-23(37)34-11-12-35(17(3)15-34)26-18-13-21(30)24(19-14-31-10-9-20(19)29)32-27(18)36(28(38)33-26)25-16(2)7-6-8-22(25)41(4,39)40/h5-10,13-14,17H,1,11-12,15H2,2-4H3/t17-/m0/s1. The molecule has 1 saturated heterocycles. The van der Waals surface area contributed by atoms with Crippen LogP contribution >= 0.6 is 11.6 Å². The van der Waals surface area contributed by atoms with Crippen LogP contribution in [0.15, 0.2) is 65.1 Å². The molecule has 5 rings (SSSR count). The number of amides is 1. The molecule has 0 radical (unpaired) electrons. The average molecular weight is 597 g/mol. The SMILES string of the molecule is C=CC(=O)N1CCN(c2nc(=O)n(-c3c(C)cccc3S(C)(=O)=O)c3nc(-c4cnccc4Cl)c(F)cc23)[C@@H](C)C1. The van der Waals surface area contributed by atoms with Gasteiger partial charge in [0.2, 0.25) is 5.91 Å². The Morgan fingerprint density at radius 1 is 1.22 bits per heavy atom. The summed E-state index contributed by atoms with van der Waals surface area (Å²) in [7, 11) is -3.80. The highest BCUT2D eigenvalue weighted by molar-refractivity contribution is 7.90. The molecule has 1 aliphatic heterocycles. The molecule has 4 aromatic rings. The van der Waals surface area contributed by atoms with E-state index in [-0.39, 0.29) is 55.7 Å². The van der Waals surface area contributed by atoms with Gasteiger partial charge in [-0.25, -0.2) is 27.2 Å². The van der Waals surface area contributed by atoms with E-state index in [0.717, 1.165) is 10.8 Å². The number of pyridine rings is 2. The summed E-state index contributed by atoms with van der Waals surface area (Å²) in [5.41, 5.74) is -0.226. The topological polar surface area (TPSA) is 118 Å². The van der Waals surface area contributed by atoms with Crippen molar-refractivity contribution >= 4 is 44.2 Å². The number of piperazine rings is 1. The molecule has 0 N–H and O–H groups in total. The lowest BCUT2D eigenvalue weighted by molar-refractivity contribution is -0.126. The van der Waals surface area contributed by atoms with Crippen molar-refractivity contribution in [2.75, 3.05) is 30.8 Å². The Labute approximate surface area is 240 Å². The van der Waals surface area contributed by atoms with E-state index in [0.29, 0.717) is 25.2 Å². The second-order valence-corrected chi connectivity index (χ2v) is 12.2. The fourth-order valence-electron chi connectivity index (χ4n) is 5.09. The molecule has 0 spiro atoms. The second kappa shape index (κ2) is 10.7. The van der Waals surface area contributed by atoms with Gasteiger partial charge in [-0.05, 0) is 43.7 Å². The van der Waals surface area contributed by atoms with E-state index in [1.165, 1.54) is 36.7 Å². The molecule has 13 heteroatoms. The molecule has 0 unspecified atom stereocenters. The first kappa shape index (κ1) is 28.4. The van der Waals surface area contributed by atoms with Crippen LogP contribution in [0, 0.1) is 12.7 Å². The summed E-state index contributed by atoms with van der Waals surface area (Å²) in [5, 5.41) is 0.377. The Morgan fingerprint density at radius 2 is 1.98 bits per heavy atom. The van der Waals surface area contributed by atoms with Gasteiger partial charge in [-0.2, -0.15) is 4.98 Å². The minimum absolute atomic E-state index is 0.00711. The summed E-state index contributed by atoms with van der Waals surface area (Å²) in [4.78, 5) is 42.3. The minimum atomic E-state index is -3.80. The van der Waals surface area contributed by atoms with Gasteiger partial charge in [0.15, 0.2) is 15.5 Å². The Bertz CT molecular complexity index is 1900. The Kier molecular flexibility index (Phi) is 7.39. The van der Waals surface area contributed by atoms with Crippen LogP contribution in [0.25, 0.3) is 28.0 Å². The number of hydrogen-bond acceptors (Lipinski definition) is 8. The van der Waals surface area contributed by atoms with E-state index >= 15 is 4.39 Å². The Balaban J connectivity index is 1.84. The Morgan fingerprint density at radius 3 is 2.63 bits per heavy atom. The minimum Gasteiger partial charge on any atom is -0.350 e. The molecule has 3 aromatic heterocycles. The summed E-state index contributed by atoms with van der Waals surface area (Å²) in [6.45, 7) is 8.03. The van der Waals surface area contributed by atoms with Gasteiger partial charge in [-0.3, -0.25) is 9.78 Å². The van der Waals surface area contributed by atoms with Crippen molar-refractivity contribution in [3.63, 3.8) is 0 Å². The number of aromatic nitrogens is 4. The zero-order valence-electron chi connectivity index (χ0n) is 22.5. The van der Waals surface area contributed by atoms with Crippen molar-refractivity contribution in [3.8, 4) is 16.9 Å². The molecule has 1 aromatic carbocycles. The molecule has 41 heavy (non-hydrogen) atoms. The van der Waals surface area contributed by atoms with Gasteiger partial charge < -0.3 is 9.80 Å². The van der Waals surface area contributed by atoms with Gasteiger partial charge >= 0.3 is 5.69 Å². The van der Waals surface area contributed by atoms with Gasteiger partial charge in [0.05, 0.1) is 21.0 Å². The number of fused-ring (bicyclic) bond motifs is 1. The van der Waals surface area contributed by atoms with E-state index in [2.05, 4.69) is 21.5 Å². The first-order chi connectivity index (χ1) is 19.4. The van der Waals surface area contributed by atoms with E-state index in [1.54, 1.807) is 24.0 Å². The maximum absolute atomic E-state index is 15.8. The van der Waals surface area contributed by atoms with Crippen molar-refractivity contribution in [2.24, 2.45) is 0 Å². The van der Waals surface area contributed by atoms with Crippen LogP contribution in [-0.2, 0) is 14.6 Å². The average Bonchev–Trinajstić information content (AvgIpc) is 2.92. The van der Waals surface area contributed by atoms with Crippen LogP contribution in [0.2, 0.25) is 5.02 Å². The third-order valence-corrected chi connectivity index (χ3v) is 8.49. The molecule has 212 valence electrons. The van der Waals surface area contributed by atoms with Crippen molar-refractivity contribution in [1.82, 2.24) is 24.4 Å². The van der Waals surface area contributed by atoms with Crippen LogP contribution < -0.4 is 10.6 Å². The van der Waals surface area contributed by atoms with E-state index < -0.39 is 21.3 Å². The number of nitrogens with zero attached hydrogens (tertiary/aromatic N) is 6. The van der Waals surface area contributed by atoms with Gasteiger partial charge in [0, 0.05) is 49.9 Å². The highest BCUT2D eigenvalue weighted by atomic mass is 35.5. The maximum Gasteiger partial charge on any atom is 0.355 e. The molecule has 1 atom stereocenters. The number of rotatable bonds is 5.